The SMILES string of the molecule is CC(=O)OC[C@@H]1COCCOCCOCCO1. The second kappa shape index (κ2) is 9.35. The molecule has 6 nitrogen and oxygen atoms in total. The standard InChI is InChI=1S/C11H20O6/c1-10(12)17-9-11-8-15-5-4-13-2-3-14-6-7-16-11/h11H,2-9H2,1H3/t11-/m0/s1. The van der Waals surface area contributed by atoms with Crippen molar-refractivity contribution in [2.45, 2.75) is 13.0 Å². The van der Waals surface area contributed by atoms with Gasteiger partial charge in [0.25, 0.3) is 0 Å². The van der Waals surface area contributed by atoms with Gasteiger partial charge in [-0.15, -0.1) is 0 Å². The first-order valence-corrected chi connectivity index (χ1v) is 5.77. The van der Waals surface area contributed by atoms with Gasteiger partial charge in [-0.05, 0) is 0 Å². The first kappa shape index (κ1) is 14.4. The van der Waals surface area contributed by atoms with Crippen LogP contribution in [0.1, 0.15) is 6.92 Å². The normalized spacial score (nSPS) is 24.4. The van der Waals surface area contributed by atoms with E-state index in [-0.39, 0.29) is 18.7 Å². The topological polar surface area (TPSA) is 63.2 Å². The summed E-state index contributed by atoms with van der Waals surface area (Å²) < 4.78 is 26.3. The molecule has 0 amide bonds. The highest BCUT2D eigenvalue weighted by molar-refractivity contribution is 5.65. The lowest BCUT2D eigenvalue weighted by Gasteiger charge is -2.18. The molecule has 0 saturated carbocycles. The van der Waals surface area contributed by atoms with Gasteiger partial charge in [-0.1, -0.05) is 0 Å². The molecule has 0 aromatic rings. The molecule has 1 aliphatic rings. The van der Waals surface area contributed by atoms with Crippen LogP contribution in [0.3, 0.4) is 0 Å². The Hall–Kier alpha value is -0.690. The molecule has 0 bridgehead atoms. The Labute approximate surface area is 101 Å². The van der Waals surface area contributed by atoms with Crippen molar-refractivity contribution in [3.63, 3.8) is 0 Å². The maximum absolute atomic E-state index is 10.7. The molecule has 1 heterocycles. The highest BCUT2D eigenvalue weighted by atomic mass is 16.6. The molecule has 1 saturated heterocycles. The summed E-state index contributed by atoms with van der Waals surface area (Å²) in [5, 5.41) is 0. The summed E-state index contributed by atoms with van der Waals surface area (Å²) in [6.45, 7) is 5.07. The van der Waals surface area contributed by atoms with Gasteiger partial charge in [0.15, 0.2) is 0 Å². The molecule has 100 valence electrons. The van der Waals surface area contributed by atoms with Crippen molar-refractivity contribution in [2.75, 3.05) is 52.9 Å². The fraction of sp³-hybridized carbons (Fsp3) is 0.909. The van der Waals surface area contributed by atoms with E-state index in [1.165, 1.54) is 6.92 Å². The first-order valence-electron chi connectivity index (χ1n) is 5.77. The predicted octanol–water partition coefficient (Wildman–Crippen LogP) is -0.00190. The molecule has 1 atom stereocenters. The number of carbonyl (C=O) groups is 1. The van der Waals surface area contributed by atoms with Crippen molar-refractivity contribution >= 4 is 5.97 Å². The minimum absolute atomic E-state index is 0.205. The van der Waals surface area contributed by atoms with Crippen LogP contribution in [0.5, 0.6) is 0 Å². The molecule has 0 aliphatic carbocycles. The lowest BCUT2D eigenvalue weighted by molar-refractivity contribution is -0.148. The molecule has 0 aromatic heterocycles. The second-order valence-electron chi connectivity index (χ2n) is 3.60. The second-order valence-corrected chi connectivity index (χ2v) is 3.60. The van der Waals surface area contributed by atoms with Gasteiger partial charge >= 0.3 is 5.97 Å². The van der Waals surface area contributed by atoms with Crippen LogP contribution in [0.2, 0.25) is 0 Å². The molecule has 0 N–H and O–H groups in total. The van der Waals surface area contributed by atoms with Gasteiger partial charge in [-0.25, -0.2) is 0 Å². The van der Waals surface area contributed by atoms with E-state index in [2.05, 4.69) is 0 Å². The summed E-state index contributed by atoms with van der Waals surface area (Å²) in [7, 11) is 0. The van der Waals surface area contributed by atoms with Gasteiger partial charge in [0.05, 0.1) is 46.2 Å². The molecule has 1 fully saturated rings. The number of hydrogen-bond donors (Lipinski definition) is 0. The summed E-state index contributed by atoms with van der Waals surface area (Å²) in [6, 6.07) is 0. The molecule has 17 heavy (non-hydrogen) atoms. The first-order chi connectivity index (χ1) is 8.29. The molecule has 0 radical (unpaired) electrons. The zero-order chi connectivity index (χ0) is 12.3. The molecular formula is C11H20O6. The number of carbonyl (C=O) groups excluding carboxylic acids is 1. The number of hydrogen-bond acceptors (Lipinski definition) is 6. The van der Waals surface area contributed by atoms with E-state index in [1.54, 1.807) is 0 Å². The lowest BCUT2D eigenvalue weighted by atomic mass is 10.4. The number of ether oxygens (including phenoxy) is 5. The van der Waals surface area contributed by atoms with Crippen molar-refractivity contribution < 1.29 is 28.5 Å². The smallest absolute Gasteiger partial charge is 0.302 e. The fourth-order valence-electron chi connectivity index (χ4n) is 1.28. The monoisotopic (exact) mass is 248 g/mol. The summed E-state index contributed by atoms with van der Waals surface area (Å²) in [5.74, 6) is -0.320. The van der Waals surface area contributed by atoms with E-state index in [0.717, 1.165) is 0 Å². The van der Waals surface area contributed by atoms with Crippen LogP contribution in [0, 0.1) is 0 Å². The van der Waals surface area contributed by atoms with Crippen LogP contribution in [-0.4, -0.2) is 64.9 Å². The van der Waals surface area contributed by atoms with E-state index < -0.39 is 0 Å². The minimum atomic E-state index is -0.320. The Morgan fingerprint density at radius 2 is 1.65 bits per heavy atom. The Kier molecular flexibility index (Phi) is 7.91. The Balaban J connectivity index is 2.24. The molecule has 1 rings (SSSR count). The van der Waals surface area contributed by atoms with Crippen LogP contribution >= 0.6 is 0 Å². The average Bonchev–Trinajstić information content (AvgIpc) is 2.28. The van der Waals surface area contributed by atoms with Crippen molar-refractivity contribution in [1.82, 2.24) is 0 Å². The highest BCUT2D eigenvalue weighted by Crippen LogP contribution is 1.97. The maximum Gasteiger partial charge on any atom is 0.302 e. The van der Waals surface area contributed by atoms with Crippen molar-refractivity contribution in [3.05, 3.63) is 0 Å². The van der Waals surface area contributed by atoms with Crippen molar-refractivity contribution in [1.29, 1.82) is 0 Å². The Morgan fingerprint density at radius 1 is 1.06 bits per heavy atom. The molecule has 0 unspecified atom stereocenters. The quantitative estimate of drug-likeness (QED) is 0.641. The predicted molar refractivity (Wildman–Crippen MR) is 58.8 cm³/mol. The Morgan fingerprint density at radius 3 is 2.29 bits per heavy atom. The average molecular weight is 248 g/mol. The fourth-order valence-corrected chi connectivity index (χ4v) is 1.28. The van der Waals surface area contributed by atoms with Crippen LogP contribution in [0.15, 0.2) is 0 Å². The number of rotatable bonds is 2. The molecule has 6 heteroatoms. The summed E-state index contributed by atoms with van der Waals surface area (Å²) >= 11 is 0. The third-order valence-corrected chi connectivity index (χ3v) is 2.10. The molecule has 0 spiro atoms. The van der Waals surface area contributed by atoms with E-state index >= 15 is 0 Å². The van der Waals surface area contributed by atoms with Gasteiger partial charge in [0, 0.05) is 6.92 Å². The van der Waals surface area contributed by atoms with Crippen LogP contribution in [0.25, 0.3) is 0 Å². The number of esters is 1. The van der Waals surface area contributed by atoms with Crippen LogP contribution in [0.4, 0.5) is 0 Å². The van der Waals surface area contributed by atoms with Crippen LogP contribution in [-0.2, 0) is 28.5 Å². The largest absolute Gasteiger partial charge is 0.463 e. The summed E-state index contributed by atoms with van der Waals surface area (Å²) in [5.41, 5.74) is 0. The molecular weight excluding hydrogens is 228 g/mol. The third kappa shape index (κ3) is 8.09. The van der Waals surface area contributed by atoms with Gasteiger partial charge in [0.1, 0.15) is 12.7 Å². The van der Waals surface area contributed by atoms with Gasteiger partial charge < -0.3 is 23.7 Å². The zero-order valence-electron chi connectivity index (χ0n) is 10.2. The summed E-state index contributed by atoms with van der Waals surface area (Å²) in [6.07, 6.45) is -0.248. The highest BCUT2D eigenvalue weighted by Gasteiger charge is 2.12. The van der Waals surface area contributed by atoms with Crippen molar-refractivity contribution in [2.24, 2.45) is 0 Å². The van der Waals surface area contributed by atoms with Gasteiger partial charge in [0.2, 0.25) is 0 Å². The van der Waals surface area contributed by atoms with E-state index in [1.807, 2.05) is 0 Å². The van der Waals surface area contributed by atoms with Crippen molar-refractivity contribution in [3.8, 4) is 0 Å². The van der Waals surface area contributed by atoms with E-state index in [9.17, 15) is 4.79 Å². The van der Waals surface area contributed by atoms with Gasteiger partial charge in [-0.3, -0.25) is 4.79 Å². The third-order valence-electron chi connectivity index (χ3n) is 2.10. The molecule has 1 aliphatic heterocycles. The Bertz CT molecular complexity index is 196. The zero-order valence-corrected chi connectivity index (χ0v) is 10.2. The van der Waals surface area contributed by atoms with E-state index in [0.29, 0.717) is 46.2 Å². The minimum Gasteiger partial charge on any atom is -0.463 e. The maximum atomic E-state index is 10.7. The van der Waals surface area contributed by atoms with Crippen LogP contribution < -0.4 is 0 Å². The molecule has 0 aromatic carbocycles. The van der Waals surface area contributed by atoms with Gasteiger partial charge in [-0.2, -0.15) is 0 Å². The summed E-state index contributed by atoms with van der Waals surface area (Å²) in [4.78, 5) is 10.7. The van der Waals surface area contributed by atoms with E-state index in [4.69, 9.17) is 23.7 Å². The lowest BCUT2D eigenvalue weighted by Crippen LogP contribution is -2.29.